The van der Waals surface area contributed by atoms with Gasteiger partial charge >= 0.3 is 0 Å². The number of ether oxygens (including phenoxy) is 1. The van der Waals surface area contributed by atoms with E-state index in [1.54, 1.807) is 24.1 Å². The molecular formula is C14H20ClFN2O2. The van der Waals surface area contributed by atoms with Crippen LogP contribution >= 0.6 is 12.4 Å². The summed E-state index contributed by atoms with van der Waals surface area (Å²) in [5.41, 5.74) is 6.42. The second-order valence-electron chi connectivity index (χ2n) is 4.88. The highest BCUT2D eigenvalue weighted by molar-refractivity contribution is 5.85. The van der Waals surface area contributed by atoms with Crippen LogP contribution in [0, 0.1) is 5.82 Å². The molecule has 1 heterocycles. The van der Waals surface area contributed by atoms with Crippen LogP contribution in [0.2, 0.25) is 0 Å². The number of carbonyl (C=O) groups excluding carboxylic acids is 1. The van der Waals surface area contributed by atoms with Crippen LogP contribution in [-0.2, 0) is 16.1 Å². The summed E-state index contributed by atoms with van der Waals surface area (Å²) in [4.78, 5) is 13.8. The smallest absolute Gasteiger partial charge is 0.251 e. The van der Waals surface area contributed by atoms with Gasteiger partial charge in [-0.05, 0) is 30.5 Å². The van der Waals surface area contributed by atoms with Gasteiger partial charge in [0.15, 0.2) is 0 Å². The summed E-state index contributed by atoms with van der Waals surface area (Å²) < 4.78 is 18.4. The highest BCUT2D eigenvalue weighted by Gasteiger charge is 2.31. The molecule has 1 saturated heterocycles. The minimum absolute atomic E-state index is 0. The lowest BCUT2D eigenvalue weighted by Gasteiger charge is -2.21. The van der Waals surface area contributed by atoms with Crippen molar-refractivity contribution in [2.45, 2.75) is 31.6 Å². The zero-order chi connectivity index (χ0) is 13.8. The minimum atomic E-state index is -0.390. The quantitative estimate of drug-likeness (QED) is 0.921. The van der Waals surface area contributed by atoms with Gasteiger partial charge in [0.25, 0.3) is 5.91 Å². The Balaban J connectivity index is 0.00000200. The van der Waals surface area contributed by atoms with Crippen LogP contribution in [-0.4, -0.2) is 36.6 Å². The van der Waals surface area contributed by atoms with Gasteiger partial charge in [-0.2, -0.15) is 0 Å². The monoisotopic (exact) mass is 302 g/mol. The molecule has 1 aliphatic rings. The minimum Gasteiger partial charge on any atom is -0.364 e. The zero-order valence-corrected chi connectivity index (χ0v) is 12.2. The molecule has 20 heavy (non-hydrogen) atoms. The molecule has 1 aromatic rings. The van der Waals surface area contributed by atoms with Crippen LogP contribution in [0.15, 0.2) is 24.3 Å². The lowest BCUT2D eigenvalue weighted by atomic mass is 10.1. The molecule has 6 heteroatoms. The maximum atomic E-state index is 12.8. The summed E-state index contributed by atoms with van der Waals surface area (Å²) in [6.45, 7) is 0.901. The topological polar surface area (TPSA) is 55.6 Å². The fourth-order valence-electron chi connectivity index (χ4n) is 2.25. The van der Waals surface area contributed by atoms with Gasteiger partial charge in [-0.15, -0.1) is 12.4 Å². The molecule has 0 unspecified atom stereocenters. The predicted molar refractivity (Wildman–Crippen MR) is 77.1 cm³/mol. The van der Waals surface area contributed by atoms with Crippen LogP contribution in [0.5, 0.6) is 0 Å². The number of hydrogen-bond acceptors (Lipinski definition) is 3. The first-order valence-corrected chi connectivity index (χ1v) is 6.45. The Morgan fingerprint density at radius 2 is 2.05 bits per heavy atom. The summed E-state index contributed by atoms with van der Waals surface area (Å²) in [7, 11) is 1.73. The van der Waals surface area contributed by atoms with E-state index in [1.165, 1.54) is 12.1 Å². The SMILES string of the molecule is CN(Cc1ccc(F)cc1)C(=O)[C@@H]1CC[C@H](CN)O1.Cl. The van der Waals surface area contributed by atoms with Crippen LogP contribution in [0.4, 0.5) is 4.39 Å². The molecule has 112 valence electrons. The van der Waals surface area contributed by atoms with Crippen molar-refractivity contribution in [2.75, 3.05) is 13.6 Å². The molecule has 2 rings (SSSR count). The molecule has 2 atom stereocenters. The van der Waals surface area contributed by atoms with E-state index in [4.69, 9.17) is 10.5 Å². The maximum absolute atomic E-state index is 12.8. The molecule has 0 saturated carbocycles. The van der Waals surface area contributed by atoms with Crippen LogP contribution < -0.4 is 5.73 Å². The number of nitrogens with two attached hydrogens (primary N) is 1. The van der Waals surface area contributed by atoms with Crippen molar-refractivity contribution in [3.8, 4) is 0 Å². The van der Waals surface area contributed by atoms with E-state index < -0.39 is 0 Å². The summed E-state index contributed by atoms with van der Waals surface area (Å²) in [5.74, 6) is -0.317. The van der Waals surface area contributed by atoms with Crippen molar-refractivity contribution >= 4 is 18.3 Å². The first kappa shape index (κ1) is 16.9. The van der Waals surface area contributed by atoms with Gasteiger partial charge in [0, 0.05) is 20.1 Å². The average molecular weight is 303 g/mol. The molecule has 0 bridgehead atoms. The Hall–Kier alpha value is -1.17. The molecule has 0 radical (unpaired) electrons. The Labute approximate surface area is 124 Å². The Morgan fingerprint density at radius 1 is 1.40 bits per heavy atom. The van der Waals surface area contributed by atoms with Crippen molar-refractivity contribution in [1.29, 1.82) is 0 Å². The van der Waals surface area contributed by atoms with Crippen LogP contribution in [0.1, 0.15) is 18.4 Å². The number of carbonyl (C=O) groups is 1. The van der Waals surface area contributed by atoms with Gasteiger partial charge in [0.2, 0.25) is 0 Å². The van der Waals surface area contributed by atoms with Crippen molar-refractivity contribution < 1.29 is 13.9 Å². The molecule has 2 N–H and O–H groups in total. The second kappa shape index (κ2) is 7.57. The van der Waals surface area contributed by atoms with E-state index in [0.29, 0.717) is 19.5 Å². The molecule has 0 spiro atoms. The molecule has 1 aromatic carbocycles. The molecule has 0 aliphatic carbocycles. The first-order valence-electron chi connectivity index (χ1n) is 6.45. The maximum Gasteiger partial charge on any atom is 0.251 e. The predicted octanol–water partition coefficient (Wildman–Crippen LogP) is 1.71. The Kier molecular flexibility index (Phi) is 6.39. The van der Waals surface area contributed by atoms with Gasteiger partial charge in [-0.25, -0.2) is 4.39 Å². The summed E-state index contributed by atoms with van der Waals surface area (Å²) >= 11 is 0. The van der Waals surface area contributed by atoms with Crippen LogP contribution in [0.25, 0.3) is 0 Å². The van der Waals surface area contributed by atoms with Crippen molar-refractivity contribution in [3.05, 3.63) is 35.6 Å². The Bertz CT molecular complexity index is 441. The zero-order valence-electron chi connectivity index (χ0n) is 11.4. The number of benzene rings is 1. The van der Waals surface area contributed by atoms with Gasteiger partial charge < -0.3 is 15.4 Å². The largest absolute Gasteiger partial charge is 0.364 e. The molecule has 1 amide bonds. The lowest BCUT2D eigenvalue weighted by molar-refractivity contribution is -0.141. The van der Waals surface area contributed by atoms with Crippen molar-refractivity contribution in [1.82, 2.24) is 4.90 Å². The van der Waals surface area contributed by atoms with Gasteiger partial charge in [-0.1, -0.05) is 12.1 Å². The van der Waals surface area contributed by atoms with Gasteiger partial charge in [0.1, 0.15) is 11.9 Å². The number of nitrogens with zero attached hydrogens (tertiary/aromatic N) is 1. The molecule has 4 nitrogen and oxygen atoms in total. The van der Waals surface area contributed by atoms with Gasteiger partial charge in [0.05, 0.1) is 6.10 Å². The normalized spacial score (nSPS) is 21.4. The Morgan fingerprint density at radius 3 is 2.60 bits per heavy atom. The van der Waals surface area contributed by atoms with E-state index in [2.05, 4.69) is 0 Å². The number of likely N-dealkylation sites (N-methyl/N-ethyl adjacent to an activating group) is 1. The van der Waals surface area contributed by atoms with E-state index in [-0.39, 0.29) is 36.3 Å². The number of hydrogen-bond donors (Lipinski definition) is 1. The first-order chi connectivity index (χ1) is 9.10. The third kappa shape index (κ3) is 4.16. The number of rotatable bonds is 4. The fraction of sp³-hybridized carbons (Fsp3) is 0.500. The second-order valence-corrected chi connectivity index (χ2v) is 4.88. The van der Waals surface area contributed by atoms with E-state index >= 15 is 0 Å². The molecule has 1 fully saturated rings. The lowest BCUT2D eigenvalue weighted by Crippen LogP contribution is -2.36. The summed E-state index contributed by atoms with van der Waals surface area (Å²) in [6, 6.07) is 6.14. The van der Waals surface area contributed by atoms with E-state index in [9.17, 15) is 9.18 Å². The molecular weight excluding hydrogens is 283 g/mol. The third-order valence-corrected chi connectivity index (χ3v) is 3.36. The number of amides is 1. The number of halogens is 2. The fourth-order valence-corrected chi connectivity index (χ4v) is 2.25. The van der Waals surface area contributed by atoms with Crippen molar-refractivity contribution in [3.63, 3.8) is 0 Å². The average Bonchev–Trinajstić information content (AvgIpc) is 2.89. The standard InChI is InChI=1S/C14H19FN2O2.ClH/c1-17(9-10-2-4-11(15)5-3-10)14(18)13-7-6-12(8-16)19-13;/h2-5,12-13H,6-9,16H2,1H3;1H/t12-,13+;/m1./s1. The van der Waals surface area contributed by atoms with E-state index in [1.807, 2.05) is 0 Å². The summed E-state index contributed by atoms with van der Waals surface area (Å²) in [5, 5.41) is 0. The summed E-state index contributed by atoms with van der Waals surface area (Å²) in [6.07, 6.45) is 1.15. The van der Waals surface area contributed by atoms with Crippen LogP contribution in [0.3, 0.4) is 0 Å². The highest BCUT2D eigenvalue weighted by Crippen LogP contribution is 2.21. The van der Waals surface area contributed by atoms with Gasteiger partial charge in [-0.3, -0.25) is 4.79 Å². The highest BCUT2D eigenvalue weighted by atomic mass is 35.5. The van der Waals surface area contributed by atoms with Crippen molar-refractivity contribution in [2.24, 2.45) is 5.73 Å². The third-order valence-electron chi connectivity index (χ3n) is 3.36. The molecule has 1 aliphatic heterocycles. The molecule has 0 aromatic heterocycles. The van der Waals surface area contributed by atoms with E-state index in [0.717, 1.165) is 12.0 Å².